The molecule has 0 radical (unpaired) electrons. The maximum atomic E-state index is 14.8. The van der Waals surface area contributed by atoms with E-state index in [0.717, 1.165) is 5.52 Å². The number of rotatable bonds is 15. The summed E-state index contributed by atoms with van der Waals surface area (Å²) < 4.78 is 13.8. The molecule has 3 aliphatic heterocycles. The third-order valence-electron chi connectivity index (χ3n) is 9.87. The van der Waals surface area contributed by atoms with Gasteiger partial charge in [0.1, 0.15) is 30.4 Å². The molecule has 8 atom stereocenters. The van der Waals surface area contributed by atoms with Gasteiger partial charge in [0.2, 0.25) is 17.7 Å². The Morgan fingerprint density at radius 2 is 1.92 bits per heavy atom. The first-order valence-corrected chi connectivity index (χ1v) is 17.6. The smallest absolute Gasteiger partial charge is 0.306 e. The molecule has 4 heterocycles. The van der Waals surface area contributed by atoms with E-state index in [1.807, 2.05) is 54.6 Å². The zero-order chi connectivity index (χ0) is 35.6. The van der Waals surface area contributed by atoms with Crippen LogP contribution in [0.2, 0.25) is 0 Å². The molecular weight excluding hydrogens is 708 g/mol. The quantitative estimate of drug-likeness (QED) is 0.136. The SMILES string of the molecule is C=CCCC(=O)OC[C@@H](NC(=O)[C@@H]1[C@H]2O[C@@]3(CC2Br)[C@H](C(=O)N(CC=C)Cn2nnc4ccccc42)N([C@H](C)CO)C(=O)[C@@H]13)c1ccccc1. The minimum Gasteiger partial charge on any atom is -0.463 e. The third kappa shape index (κ3) is 6.35. The number of ether oxygens (including phenoxy) is 2. The molecule has 6 rings (SSSR count). The number of nitrogens with one attached hydrogen (secondary N) is 1. The average molecular weight is 750 g/mol. The van der Waals surface area contributed by atoms with Gasteiger partial charge in [-0.1, -0.05) is 75.8 Å². The Balaban J connectivity index is 1.31. The van der Waals surface area contributed by atoms with E-state index in [0.29, 0.717) is 23.9 Å². The maximum Gasteiger partial charge on any atom is 0.306 e. The number of aliphatic hydroxyl groups excluding tert-OH is 1. The first-order valence-electron chi connectivity index (χ1n) is 16.7. The van der Waals surface area contributed by atoms with Gasteiger partial charge in [-0.25, -0.2) is 4.68 Å². The highest BCUT2D eigenvalue weighted by atomic mass is 79.9. The molecule has 1 aromatic heterocycles. The summed E-state index contributed by atoms with van der Waals surface area (Å²) in [5.74, 6) is -3.72. The number of esters is 1. The minimum atomic E-state index is -1.36. The molecule has 0 aliphatic carbocycles. The third-order valence-corrected chi connectivity index (χ3v) is 10.7. The molecule has 3 aliphatic rings. The number of fused-ring (bicyclic) bond motifs is 2. The lowest BCUT2D eigenvalue weighted by molar-refractivity contribution is -0.152. The zero-order valence-corrected chi connectivity index (χ0v) is 29.4. The van der Waals surface area contributed by atoms with Gasteiger partial charge < -0.3 is 29.7 Å². The molecule has 13 nitrogen and oxygen atoms in total. The Morgan fingerprint density at radius 3 is 2.64 bits per heavy atom. The molecule has 2 N–H and O–H groups in total. The van der Waals surface area contributed by atoms with Crippen molar-refractivity contribution in [3.8, 4) is 0 Å². The van der Waals surface area contributed by atoms with Crippen molar-refractivity contribution in [1.29, 1.82) is 0 Å². The Kier molecular flexibility index (Phi) is 10.5. The van der Waals surface area contributed by atoms with Crippen molar-refractivity contribution in [2.45, 2.75) is 67.5 Å². The fraction of sp³-hybridized carbons (Fsp3) is 0.444. The number of amides is 3. The molecule has 3 aromatic rings. The highest BCUT2D eigenvalue weighted by Gasteiger charge is 2.77. The number of carbonyl (C=O) groups excluding carboxylic acids is 4. The number of carbonyl (C=O) groups is 4. The number of para-hydroxylation sites is 1. The van der Waals surface area contributed by atoms with E-state index >= 15 is 0 Å². The van der Waals surface area contributed by atoms with Gasteiger partial charge in [0.15, 0.2) is 0 Å². The molecule has 3 fully saturated rings. The van der Waals surface area contributed by atoms with Crippen molar-refractivity contribution in [2.24, 2.45) is 11.8 Å². The molecule has 14 heteroatoms. The summed E-state index contributed by atoms with van der Waals surface area (Å²) in [6.45, 7) is 8.79. The summed E-state index contributed by atoms with van der Waals surface area (Å²) in [6.07, 6.45) is 3.41. The van der Waals surface area contributed by atoms with E-state index in [1.54, 1.807) is 23.8 Å². The molecular formula is C36H41BrN6O7. The average Bonchev–Trinajstić information content (AvgIpc) is 3.85. The largest absolute Gasteiger partial charge is 0.463 e. The number of alkyl halides is 1. The molecule has 3 amide bonds. The minimum absolute atomic E-state index is 0.0213. The van der Waals surface area contributed by atoms with Gasteiger partial charge in [0.05, 0.1) is 42.1 Å². The van der Waals surface area contributed by atoms with Crippen molar-refractivity contribution < 1.29 is 33.8 Å². The Morgan fingerprint density at radius 1 is 1.18 bits per heavy atom. The summed E-state index contributed by atoms with van der Waals surface area (Å²) in [6, 6.07) is 13.9. The number of aromatic nitrogens is 3. The molecule has 264 valence electrons. The standard InChI is InChI=1S/C36H41BrN6O7/c1-4-6-16-28(45)49-20-26(23-12-8-7-9-13-23)38-33(46)29-30-34(47)43(22(3)19-44)32(36(30)18-24(37)31(29)50-36)35(48)41(17-5-2)21-42-27-15-11-10-14-25(27)39-40-42/h4-5,7-15,22,24,26,29-32,44H,1-2,6,16-21H2,3H3,(H,38,46)/t22-,24?,26-,29+,30-,31+,32+,36-/m1/s1. The number of benzene rings is 2. The Hall–Kier alpha value is -4.40. The van der Waals surface area contributed by atoms with Gasteiger partial charge in [-0.05, 0) is 37.5 Å². The van der Waals surface area contributed by atoms with Crippen LogP contribution in [0.1, 0.15) is 37.8 Å². The van der Waals surface area contributed by atoms with Crippen molar-refractivity contribution in [1.82, 2.24) is 30.1 Å². The lowest BCUT2D eigenvalue weighted by Gasteiger charge is -2.38. The van der Waals surface area contributed by atoms with Crippen LogP contribution in [-0.4, -0.2) is 102 Å². The van der Waals surface area contributed by atoms with Crippen LogP contribution >= 0.6 is 15.9 Å². The number of hydrogen-bond donors (Lipinski definition) is 2. The van der Waals surface area contributed by atoms with Crippen LogP contribution in [0.15, 0.2) is 79.9 Å². The second-order valence-corrected chi connectivity index (χ2v) is 14.2. The van der Waals surface area contributed by atoms with Crippen molar-refractivity contribution in [3.63, 3.8) is 0 Å². The van der Waals surface area contributed by atoms with Crippen LogP contribution in [0.5, 0.6) is 0 Å². The fourth-order valence-electron chi connectivity index (χ4n) is 7.58. The van der Waals surface area contributed by atoms with Crippen LogP contribution in [0.25, 0.3) is 11.0 Å². The predicted octanol–water partition coefficient (Wildman–Crippen LogP) is 2.90. The van der Waals surface area contributed by atoms with Crippen LogP contribution in [0.4, 0.5) is 0 Å². The summed E-state index contributed by atoms with van der Waals surface area (Å²) in [7, 11) is 0. The zero-order valence-electron chi connectivity index (χ0n) is 27.8. The number of aliphatic hydroxyl groups is 1. The topological polar surface area (TPSA) is 156 Å². The molecule has 1 unspecified atom stereocenters. The summed E-state index contributed by atoms with van der Waals surface area (Å²) >= 11 is 3.71. The van der Waals surface area contributed by atoms with Gasteiger partial charge >= 0.3 is 5.97 Å². The fourth-order valence-corrected chi connectivity index (χ4v) is 8.52. The summed E-state index contributed by atoms with van der Waals surface area (Å²) in [4.78, 5) is 58.6. The molecule has 2 aromatic carbocycles. The predicted molar refractivity (Wildman–Crippen MR) is 186 cm³/mol. The number of halogens is 1. The number of allylic oxidation sites excluding steroid dienone is 1. The van der Waals surface area contributed by atoms with Gasteiger partial charge in [0, 0.05) is 17.8 Å². The Bertz CT molecular complexity index is 1770. The summed E-state index contributed by atoms with van der Waals surface area (Å²) in [5.41, 5.74) is 0.747. The highest BCUT2D eigenvalue weighted by molar-refractivity contribution is 9.09. The molecule has 2 bridgehead atoms. The second-order valence-electron chi connectivity index (χ2n) is 13.0. The monoisotopic (exact) mass is 748 g/mol. The first-order chi connectivity index (χ1) is 24.1. The number of hydrogen-bond acceptors (Lipinski definition) is 9. The molecule has 3 saturated heterocycles. The molecule has 50 heavy (non-hydrogen) atoms. The van der Waals surface area contributed by atoms with Gasteiger partial charge in [-0.15, -0.1) is 18.3 Å². The molecule has 0 saturated carbocycles. The summed E-state index contributed by atoms with van der Waals surface area (Å²) in [5, 5.41) is 21.8. The van der Waals surface area contributed by atoms with E-state index in [-0.39, 0.29) is 31.1 Å². The van der Waals surface area contributed by atoms with Crippen molar-refractivity contribution in [2.75, 3.05) is 19.8 Å². The van der Waals surface area contributed by atoms with E-state index < -0.39 is 72.0 Å². The van der Waals surface area contributed by atoms with Crippen LogP contribution in [0.3, 0.4) is 0 Å². The molecule has 1 spiro atoms. The lowest BCUT2D eigenvalue weighted by atomic mass is 9.70. The highest BCUT2D eigenvalue weighted by Crippen LogP contribution is 2.60. The number of nitrogens with zero attached hydrogens (tertiary/aromatic N) is 5. The van der Waals surface area contributed by atoms with E-state index in [4.69, 9.17) is 9.47 Å². The van der Waals surface area contributed by atoms with Gasteiger partial charge in [-0.3, -0.25) is 19.2 Å². The normalized spacial score (nSPS) is 26.3. The van der Waals surface area contributed by atoms with E-state index in [9.17, 15) is 24.3 Å². The lowest BCUT2D eigenvalue weighted by Crippen LogP contribution is -2.58. The van der Waals surface area contributed by atoms with Gasteiger partial charge in [-0.2, -0.15) is 0 Å². The van der Waals surface area contributed by atoms with Crippen molar-refractivity contribution in [3.05, 3.63) is 85.5 Å². The number of likely N-dealkylation sites (tertiary alicyclic amines) is 1. The second kappa shape index (κ2) is 14.8. The van der Waals surface area contributed by atoms with Crippen LogP contribution in [-0.2, 0) is 35.3 Å². The Labute approximate surface area is 298 Å². The van der Waals surface area contributed by atoms with Gasteiger partial charge in [0.25, 0.3) is 0 Å². The van der Waals surface area contributed by atoms with E-state index in [1.165, 1.54) is 9.80 Å². The van der Waals surface area contributed by atoms with Crippen molar-refractivity contribution >= 4 is 50.7 Å². The maximum absolute atomic E-state index is 14.8. The van der Waals surface area contributed by atoms with E-state index in [2.05, 4.69) is 44.7 Å². The first kappa shape index (κ1) is 35.4. The van der Waals surface area contributed by atoms with Crippen LogP contribution < -0.4 is 5.32 Å². The van der Waals surface area contributed by atoms with Crippen LogP contribution in [0, 0.1) is 11.8 Å².